The number of carboxylic acids is 1. The summed E-state index contributed by atoms with van der Waals surface area (Å²) in [4.78, 5) is 22.0. The number of hydrogen-bond acceptors (Lipinski definition) is 2. The highest BCUT2D eigenvalue weighted by Crippen LogP contribution is 2.22. The molecule has 0 saturated carbocycles. The van der Waals surface area contributed by atoms with Crippen LogP contribution in [0.5, 0.6) is 0 Å². The Kier molecular flexibility index (Phi) is 6.44. The number of aliphatic carboxylic acids is 1. The minimum atomic E-state index is -0.980. The van der Waals surface area contributed by atoms with Gasteiger partial charge in [0, 0.05) is 11.0 Å². The number of carbonyl (C=O) groups is 2. The van der Waals surface area contributed by atoms with E-state index in [1.165, 1.54) is 12.1 Å². The molecule has 1 aromatic rings. The molecule has 0 aliphatic carbocycles. The lowest BCUT2D eigenvalue weighted by atomic mass is 10.0. The molecular weight excluding hydrogens is 331 g/mol. The van der Waals surface area contributed by atoms with Gasteiger partial charge in [-0.25, -0.2) is 9.18 Å². The molecule has 110 valence electrons. The zero-order valence-electron chi connectivity index (χ0n) is 11.0. The van der Waals surface area contributed by atoms with Gasteiger partial charge in [0.2, 0.25) is 0 Å². The third-order valence-electron chi connectivity index (χ3n) is 2.63. The van der Waals surface area contributed by atoms with Crippen molar-refractivity contribution in [1.29, 1.82) is 0 Å². The van der Waals surface area contributed by atoms with Crippen LogP contribution in [0.1, 0.15) is 31.4 Å². The molecule has 3 N–H and O–H groups in total. The van der Waals surface area contributed by atoms with E-state index in [1.807, 2.05) is 6.92 Å². The number of halogens is 2. The topological polar surface area (TPSA) is 78.4 Å². The molecule has 5 nitrogen and oxygen atoms in total. The first-order chi connectivity index (χ1) is 9.42. The molecule has 1 rings (SSSR count). The van der Waals surface area contributed by atoms with E-state index in [4.69, 9.17) is 5.11 Å². The maximum Gasteiger partial charge on any atom is 0.315 e. The molecule has 1 atom stereocenters. The van der Waals surface area contributed by atoms with Gasteiger partial charge in [-0.1, -0.05) is 22.9 Å². The summed E-state index contributed by atoms with van der Waals surface area (Å²) in [7, 11) is 0. The SMILES string of the molecule is CCC(NC(=O)NCCC(=O)O)c1cc(F)cc(Br)c1. The molecule has 0 aliphatic heterocycles. The van der Waals surface area contributed by atoms with Crippen molar-refractivity contribution in [3.05, 3.63) is 34.1 Å². The first-order valence-electron chi connectivity index (χ1n) is 6.14. The molecule has 0 fully saturated rings. The number of carbonyl (C=O) groups excluding carboxylic acids is 1. The largest absolute Gasteiger partial charge is 0.481 e. The summed E-state index contributed by atoms with van der Waals surface area (Å²) in [6, 6.07) is 3.61. The summed E-state index contributed by atoms with van der Waals surface area (Å²) in [6.45, 7) is 1.91. The number of rotatable bonds is 6. The zero-order valence-corrected chi connectivity index (χ0v) is 12.5. The molecule has 20 heavy (non-hydrogen) atoms. The van der Waals surface area contributed by atoms with Crippen LogP contribution in [0.15, 0.2) is 22.7 Å². The maximum atomic E-state index is 13.3. The van der Waals surface area contributed by atoms with Gasteiger partial charge in [-0.3, -0.25) is 4.79 Å². The summed E-state index contributed by atoms with van der Waals surface area (Å²) in [6.07, 6.45) is 0.442. The maximum absolute atomic E-state index is 13.3. The second kappa shape index (κ2) is 7.84. The van der Waals surface area contributed by atoms with Crippen molar-refractivity contribution in [2.24, 2.45) is 0 Å². The summed E-state index contributed by atoms with van der Waals surface area (Å²) in [5.41, 5.74) is 0.646. The van der Waals surface area contributed by atoms with Gasteiger partial charge in [0.1, 0.15) is 5.82 Å². The summed E-state index contributed by atoms with van der Waals surface area (Å²) in [5, 5.41) is 13.6. The highest BCUT2D eigenvalue weighted by Gasteiger charge is 2.14. The molecule has 2 amide bonds. The van der Waals surface area contributed by atoms with Crippen LogP contribution in [0.3, 0.4) is 0 Å². The van der Waals surface area contributed by atoms with Crippen LogP contribution in [-0.4, -0.2) is 23.7 Å². The molecule has 0 spiro atoms. The van der Waals surface area contributed by atoms with E-state index in [9.17, 15) is 14.0 Å². The van der Waals surface area contributed by atoms with E-state index in [-0.39, 0.29) is 24.8 Å². The second-order valence-electron chi connectivity index (χ2n) is 4.21. The summed E-state index contributed by atoms with van der Waals surface area (Å²) >= 11 is 3.20. The molecule has 0 bridgehead atoms. The number of amides is 2. The quantitative estimate of drug-likeness (QED) is 0.741. The normalized spacial score (nSPS) is 11.8. The Morgan fingerprint density at radius 3 is 2.65 bits per heavy atom. The number of carboxylic acid groups (broad SMARTS) is 1. The van der Waals surface area contributed by atoms with Crippen molar-refractivity contribution in [2.75, 3.05) is 6.54 Å². The Morgan fingerprint density at radius 1 is 1.40 bits per heavy atom. The van der Waals surface area contributed by atoms with Crippen molar-refractivity contribution < 1.29 is 19.1 Å². The van der Waals surface area contributed by atoms with Crippen molar-refractivity contribution in [2.45, 2.75) is 25.8 Å². The van der Waals surface area contributed by atoms with Gasteiger partial charge < -0.3 is 15.7 Å². The summed E-state index contributed by atoms with van der Waals surface area (Å²) in [5.74, 6) is -1.37. The van der Waals surface area contributed by atoms with Crippen LogP contribution in [0.25, 0.3) is 0 Å². The Hall–Kier alpha value is -1.63. The predicted molar refractivity (Wildman–Crippen MR) is 75.9 cm³/mol. The van der Waals surface area contributed by atoms with E-state index in [0.29, 0.717) is 16.5 Å². The first kappa shape index (κ1) is 16.4. The number of benzene rings is 1. The molecule has 0 saturated heterocycles. The van der Waals surface area contributed by atoms with Gasteiger partial charge in [0.15, 0.2) is 0 Å². The average Bonchev–Trinajstić information content (AvgIpc) is 2.34. The minimum absolute atomic E-state index is 0.0461. The molecule has 0 aliphatic rings. The van der Waals surface area contributed by atoms with E-state index in [0.717, 1.165) is 0 Å². The highest BCUT2D eigenvalue weighted by atomic mass is 79.9. The molecule has 1 aromatic carbocycles. The van der Waals surface area contributed by atoms with E-state index in [1.54, 1.807) is 6.07 Å². The van der Waals surface area contributed by atoms with Crippen LogP contribution in [0.2, 0.25) is 0 Å². The monoisotopic (exact) mass is 346 g/mol. The minimum Gasteiger partial charge on any atom is -0.481 e. The van der Waals surface area contributed by atoms with Crippen molar-refractivity contribution in [3.63, 3.8) is 0 Å². The van der Waals surface area contributed by atoms with Gasteiger partial charge in [0.25, 0.3) is 0 Å². The Morgan fingerprint density at radius 2 is 2.10 bits per heavy atom. The van der Waals surface area contributed by atoms with E-state index < -0.39 is 12.0 Å². The van der Waals surface area contributed by atoms with Crippen LogP contribution in [0, 0.1) is 5.82 Å². The molecular formula is C13H16BrFN2O3. The van der Waals surface area contributed by atoms with Crippen LogP contribution in [-0.2, 0) is 4.79 Å². The Bertz CT molecular complexity index is 476. The third-order valence-corrected chi connectivity index (χ3v) is 3.08. The standard InChI is InChI=1S/C13H16BrFN2O3/c1-2-11(8-5-9(14)7-10(15)6-8)17-13(20)16-4-3-12(18)19/h5-7,11H,2-4H2,1H3,(H,18,19)(H2,16,17,20). The molecule has 7 heteroatoms. The van der Waals surface area contributed by atoms with Crippen molar-refractivity contribution in [3.8, 4) is 0 Å². The number of hydrogen-bond donors (Lipinski definition) is 3. The van der Waals surface area contributed by atoms with E-state index >= 15 is 0 Å². The second-order valence-corrected chi connectivity index (χ2v) is 5.12. The van der Waals surface area contributed by atoms with Crippen molar-refractivity contribution in [1.82, 2.24) is 10.6 Å². The van der Waals surface area contributed by atoms with Gasteiger partial charge in [0.05, 0.1) is 12.5 Å². The van der Waals surface area contributed by atoms with Gasteiger partial charge in [-0.05, 0) is 30.2 Å². The van der Waals surface area contributed by atoms with Gasteiger partial charge >= 0.3 is 12.0 Å². The van der Waals surface area contributed by atoms with Crippen LogP contribution < -0.4 is 10.6 Å². The van der Waals surface area contributed by atoms with Crippen LogP contribution in [0.4, 0.5) is 9.18 Å². The summed E-state index contributed by atoms with van der Waals surface area (Å²) < 4.78 is 13.9. The highest BCUT2D eigenvalue weighted by molar-refractivity contribution is 9.10. The molecule has 0 radical (unpaired) electrons. The smallest absolute Gasteiger partial charge is 0.315 e. The Labute approximate surface area is 124 Å². The Balaban J connectivity index is 2.62. The number of urea groups is 1. The van der Waals surface area contributed by atoms with Gasteiger partial charge in [-0.2, -0.15) is 0 Å². The molecule has 0 heterocycles. The predicted octanol–water partition coefficient (Wildman–Crippen LogP) is 2.81. The lowest BCUT2D eigenvalue weighted by Gasteiger charge is -2.18. The fraction of sp³-hybridized carbons (Fsp3) is 0.385. The van der Waals surface area contributed by atoms with E-state index in [2.05, 4.69) is 26.6 Å². The lowest BCUT2D eigenvalue weighted by Crippen LogP contribution is -2.38. The fourth-order valence-corrected chi connectivity index (χ4v) is 2.17. The third kappa shape index (κ3) is 5.56. The fourth-order valence-electron chi connectivity index (χ4n) is 1.69. The average molecular weight is 347 g/mol. The first-order valence-corrected chi connectivity index (χ1v) is 6.93. The molecule has 1 unspecified atom stereocenters. The zero-order chi connectivity index (χ0) is 15.1. The van der Waals surface area contributed by atoms with Crippen molar-refractivity contribution >= 4 is 27.9 Å². The lowest BCUT2D eigenvalue weighted by molar-refractivity contribution is -0.136. The number of nitrogens with one attached hydrogen (secondary N) is 2. The van der Waals surface area contributed by atoms with Crippen LogP contribution >= 0.6 is 15.9 Å². The molecule has 0 aromatic heterocycles. The van der Waals surface area contributed by atoms with Gasteiger partial charge in [-0.15, -0.1) is 0 Å².